The predicted octanol–water partition coefficient (Wildman–Crippen LogP) is 4.72. The smallest absolute Gasteiger partial charge is 0.251 e. The van der Waals surface area contributed by atoms with Crippen LogP contribution in [-0.4, -0.2) is 12.5 Å². The summed E-state index contributed by atoms with van der Waals surface area (Å²) in [5.41, 5.74) is 3.47. The Morgan fingerprint density at radius 3 is 2.76 bits per heavy atom. The topological polar surface area (TPSA) is 29.1 Å². The number of carbonyl (C=O) groups is 1. The number of nitrogens with one attached hydrogen (secondary N) is 1. The molecule has 1 aliphatic heterocycles. The molecule has 2 aromatic rings. The molecule has 1 N–H and O–H groups in total. The van der Waals surface area contributed by atoms with Crippen LogP contribution in [0.2, 0.25) is 5.02 Å². The zero-order valence-corrected chi connectivity index (χ0v) is 14.1. The number of rotatable bonds is 2. The lowest BCUT2D eigenvalue weighted by atomic mass is 9.95. The van der Waals surface area contributed by atoms with Gasteiger partial charge in [0, 0.05) is 21.6 Å². The van der Waals surface area contributed by atoms with E-state index in [1.165, 1.54) is 0 Å². The van der Waals surface area contributed by atoms with Crippen molar-refractivity contribution in [2.75, 3.05) is 6.54 Å². The number of hydrogen-bond donors (Lipinski definition) is 1. The molecule has 2 aromatic carbocycles. The van der Waals surface area contributed by atoms with Gasteiger partial charge < -0.3 is 5.32 Å². The molecule has 21 heavy (non-hydrogen) atoms. The van der Waals surface area contributed by atoms with Gasteiger partial charge in [-0.2, -0.15) is 0 Å². The minimum absolute atomic E-state index is 0.0381. The molecule has 0 spiro atoms. The van der Waals surface area contributed by atoms with E-state index >= 15 is 0 Å². The highest BCUT2D eigenvalue weighted by Crippen LogP contribution is 2.36. The van der Waals surface area contributed by atoms with Gasteiger partial charge in [0.1, 0.15) is 0 Å². The first-order valence-corrected chi connectivity index (χ1v) is 8.17. The predicted molar refractivity (Wildman–Crippen MR) is 89.3 cm³/mol. The molecule has 0 aromatic heterocycles. The number of hydrogen-bond acceptors (Lipinski definition) is 1. The molecule has 1 heterocycles. The average Bonchev–Trinajstić information content (AvgIpc) is 2.47. The summed E-state index contributed by atoms with van der Waals surface area (Å²) in [6.07, 6.45) is 0.855. The van der Waals surface area contributed by atoms with Crippen LogP contribution in [0.3, 0.4) is 0 Å². The quantitative estimate of drug-likeness (QED) is 0.746. The van der Waals surface area contributed by atoms with E-state index in [1.807, 2.05) is 36.4 Å². The Labute approximate surface area is 141 Å². The summed E-state index contributed by atoms with van der Waals surface area (Å²) in [6, 6.07) is 11.4. The summed E-state index contributed by atoms with van der Waals surface area (Å²) < 4.78 is 0.907. The van der Waals surface area contributed by atoms with Crippen molar-refractivity contribution in [3.05, 3.63) is 68.1 Å². The molecule has 1 atom stereocenters. The molecular weight excluding hydrogens is 373 g/mol. The lowest BCUT2D eigenvalue weighted by Gasteiger charge is -2.19. The van der Waals surface area contributed by atoms with Crippen LogP contribution >= 0.6 is 39.1 Å². The number of benzene rings is 2. The molecule has 0 radical (unpaired) electrons. The van der Waals surface area contributed by atoms with Crippen LogP contribution in [0.4, 0.5) is 0 Å². The molecule has 0 fully saturated rings. The Kier molecular flexibility index (Phi) is 4.25. The van der Waals surface area contributed by atoms with Crippen LogP contribution in [0.5, 0.6) is 0 Å². The zero-order valence-electron chi connectivity index (χ0n) is 11.0. The number of fused-ring (bicyclic) bond motifs is 1. The fraction of sp³-hybridized carbons (Fsp3) is 0.188. The summed E-state index contributed by atoms with van der Waals surface area (Å²) >= 11 is 16.2. The number of halogens is 3. The molecule has 1 amide bonds. The lowest BCUT2D eigenvalue weighted by Crippen LogP contribution is -2.31. The van der Waals surface area contributed by atoms with E-state index < -0.39 is 0 Å². The lowest BCUT2D eigenvalue weighted by molar-refractivity contribution is 0.0946. The van der Waals surface area contributed by atoms with Crippen molar-refractivity contribution in [1.29, 1.82) is 0 Å². The van der Waals surface area contributed by atoms with Gasteiger partial charge in [-0.05, 0) is 41.3 Å². The molecule has 0 saturated heterocycles. The van der Waals surface area contributed by atoms with Crippen molar-refractivity contribution in [2.45, 2.75) is 11.8 Å². The van der Waals surface area contributed by atoms with Crippen LogP contribution in [0.25, 0.3) is 0 Å². The van der Waals surface area contributed by atoms with Crippen molar-refractivity contribution in [2.24, 2.45) is 0 Å². The fourth-order valence-electron chi connectivity index (χ4n) is 2.47. The van der Waals surface area contributed by atoms with Gasteiger partial charge in [-0.15, -0.1) is 11.6 Å². The number of carbonyl (C=O) groups excluding carboxylic acids is 1. The van der Waals surface area contributed by atoms with Gasteiger partial charge >= 0.3 is 0 Å². The molecule has 3 rings (SSSR count). The maximum Gasteiger partial charge on any atom is 0.251 e. The normalized spacial score (nSPS) is 15.3. The van der Waals surface area contributed by atoms with Gasteiger partial charge in [-0.3, -0.25) is 4.79 Å². The molecule has 108 valence electrons. The van der Waals surface area contributed by atoms with E-state index in [0.29, 0.717) is 17.1 Å². The molecule has 5 heteroatoms. The van der Waals surface area contributed by atoms with Crippen LogP contribution in [0.15, 0.2) is 40.9 Å². The molecule has 0 bridgehead atoms. The summed E-state index contributed by atoms with van der Waals surface area (Å²) in [5, 5.41) is 3.07. The first-order chi connectivity index (χ1) is 10.1. The molecule has 1 aliphatic rings. The van der Waals surface area contributed by atoms with E-state index in [-0.39, 0.29) is 11.3 Å². The Morgan fingerprint density at radius 2 is 2.00 bits per heavy atom. The highest BCUT2D eigenvalue weighted by atomic mass is 79.9. The van der Waals surface area contributed by atoms with Gasteiger partial charge in [-0.1, -0.05) is 45.7 Å². The summed E-state index contributed by atoms with van der Waals surface area (Å²) in [4.78, 5) is 11.9. The molecule has 2 nitrogen and oxygen atoms in total. The van der Waals surface area contributed by atoms with Gasteiger partial charge in [-0.25, -0.2) is 0 Å². The maximum absolute atomic E-state index is 11.9. The third-order valence-electron chi connectivity index (χ3n) is 3.59. The summed E-state index contributed by atoms with van der Waals surface area (Å²) in [7, 11) is 0. The zero-order chi connectivity index (χ0) is 15.0. The molecule has 1 unspecified atom stereocenters. The Morgan fingerprint density at radius 1 is 1.19 bits per heavy atom. The van der Waals surface area contributed by atoms with Crippen LogP contribution < -0.4 is 5.32 Å². The van der Waals surface area contributed by atoms with E-state index in [0.717, 1.165) is 27.6 Å². The third kappa shape index (κ3) is 2.96. The Hall–Kier alpha value is -1.03. The average molecular weight is 385 g/mol. The molecule has 0 aliphatic carbocycles. The van der Waals surface area contributed by atoms with Crippen LogP contribution in [0, 0.1) is 0 Å². The largest absolute Gasteiger partial charge is 0.352 e. The van der Waals surface area contributed by atoms with E-state index in [9.17, 15) is 4.79 Å². The van der Waals surface area contributed by atoms with Crippen molar-refractivity contribution in [1.82, 2.24) is 5.32 Å². The van der Waals surface area contributed by atoms with E-state index in [2.05, 4.69) is 21.2 Å². The van der Waals surface area contributed by atoms with Gasteiger partial charge in [0.2, 0.25) is 0 Å². The number of amides is 1. The van der Waals surface area contributed by atoms with Crippen molar-refractivity contribution >= 4 is 45.0 Å². The van der Waals surface area contributed by atoms with E-state index in [1.54, 1.807) is 0 Å². The third-order valence-corrected chi connectivity index (χ3v) is 4.89. The molecule has 0 saturated carbocycles. The SMILES string of the molecule is O=C1NCCc2ccc(C(Cl)c3ccc(Br)cc3Cl)cc21. The second-order valence-electron chi connectivity index (χ2n) is 4.95. The highest BCUT2D eigenvalue weighted by molar-refractivity contribution is 9.10. The van der Waals surface area contributed by atoms with Crippen molar-refractivity contribution in [3.8, 4) is 0 Å². The minimum atomic E-state index is -0.384. The minimum Gasteiger partial charge on any atom is -0.352 e. The van der Waals surface area contributed by atoms with Gasteiger partial charge in [0.25, 0.3) is 5.91 Å². The van der Waals surface area contributed by atoms with Gasteiger partial charge in [0.05, 0.1) is 5.38 Å². The molecular formula is C16H12BrCl2NO. The Balaban J connectivity index is 2.00. The monoisotopic (exact) mass is 383 g/mol. The fourth-order valence-corrected chi connectivity index (χ4v) is 3.64. The van der Waals surface area contributed by atoms with Crippen molar-refractivity contribution in [3.63, 3.8) is 0 Å². The van der Waals surface area contributed by atoms with E-state index in [4.69, 9.17) is 23.2 Å². The van der Waals surface area contributed by atoms with Crippen LogP contribution in [0.1, 0.15) is 32.4 Å². The number of alkyl halides is 1. The Bertz CT molecular complexity index is 717. The maximum atomic E-state index is 11.9. The highest BCUT2D eigenvalue weighted by Gasteiger charge is 2.20. The summed E-state index contributed by atoms with van der Waals surface area (Å²) in [6.45, 7) is 0.689. The second-order valence-corrected chi connectivity index (χ2v) is 6.71. The first kappa shape index (κ1) is 14.9. The summed E-state index contributed by atoms with van der Waals surface area (Å²) in [5.74, 6) is -0.0381. The van der Waals surface area contributed by atoms with Crippen LogP contribution in [-0.2, 0) is 6.42 Å². The first-order valence-electron chi connectivity index (χ1n) is 6.56. The van der Waals surface area contributed by atoms with Gasteiger partial charge in [0.15, 0.2) is 0 Å². The second kappa shape index (κ2) is 5.99. The standard InChI is InChI=1S/C16H12BrCl2NO/c17-11-3-4-12(14(18)8-11)15(19)10-2-1-9-5-6-20-16(21)13(9)7-10/h1-4,7-8,15H,5-6H2,(H,20,21). The van der Waals surface area contributed by atoms with Crippen molar-refractivity contribution < 1.29 is 4.79 Å².